The summed E-state index contributed by atoms with van der Waals surface area (Å²) in [7, 11) is 3.11. The third-order valence-electron chi connectivity index (χ3n) is 2.56. The molecule has 0 spiro atoms. The number of carbonyl (C=O) groups excluding carboxylic acids is 1. The van der Waals surface area contributed by atoms with Gasteiger partial charge in [0.05, 0.1) is 14.2 Å². The second-order valence-corrected chi connectivity index (χ2v) is 5.08. The molecule has 0 aliphatic carbocycles. The zero-order valence-electron chi connectivity index (χ0n) is 11.0. The van der Waals surface area contributed by atoms with Crippen molar-refractivity contribution in [1.29, 1.82) is 0 Å². The van der Waals surface area contributed by atoms with Crippen LogP contribution < -0.4 is 4.74 Å². The SMILES string of the molecule is COC(=O)CCCCCSc1cccc(OC)c1. The molecular weight excluding hydrogens is 248 g/mol. The second kappa shape index (κ2) is 8.86. The molecule has 0 aromatic heterocycles. The monoisotopic (exact) mass is 268 g/mol. The molecule has 18 heavy (non-hydrogen) atoms. The Hall–Kier alpha value is -1.16. The smallest absolute Gasteiger partial charge is 0.305 e. The average Bonchev–Trinajstić information content (AvgIpc) is 2.42. The minimum Gasteiger partial charge on any atom is -0.497 e. The van der Waals surface area contributed by atoms with Crippen molar-refractivity contribution >= 4 is 17.7 Å². The van der Waals surface area contributed by atoms with Gasteiger partial charge in [-0.2, -0.15) is 0 Å². The summed E-state index contributed by atoms with van der Waals surface area (Å²) in [5.41, 5.74) is 0. The van der Waals surface area contributed by atoms with Crippen molar-refractivity contribution in [3.8, 4) is 5.75 Å². The Kier molecular flexibility index (Phi) is 7.34. The molecule has 3 nitrogen and oxygen atoms in total. The van der Waals surface area contributed by atoms with E-state index >= 15 is 0 Å². The van der Waals surface area contributed by atoms with E-state index in [9.17, 15) is 4.79 Å². The molecule has 1 aromatic rings. The van der Waals surface area contributed by atoms with Gasteiger partial charge in [-0.25, -0.2) is 0 Å². The van der Waals surface area contributed by atoms with E-state index < -0.39 is 0 Å². The number of hydrogen-bond donors (Lipinski definition) is 0. The molecule has 0 unspecified atom stereocenters. The first kappa shape index (κ1) is 14.9. The molecule has 0 bridgehead atoms. The fourth-order valence-corrected chi connectivity index (χ4v) is 2.49. The minimum atomic E-state index is -0.115. The van der Waals surface area contributed by atoms with Crippen molar-refractivity contribution in [3.63, 3.8) is 0 Å². The molecule has 0 amide bonds. The molecule has 0 radical (unpaired) electrons. The summed E-state index contributed by atoms with van der Waals surface area (Å²) in [5.74, 6) is 1.84. The molecule has 1 rings (SSSR count). The zero-order chi connectivity index (χ0) is 13.2. The third kappa shape index (κ3) is 5.96. The van der Waals surface area contributed by atoms with Crippen molar-refractivity contribution in [3.05, 3.63) is 24.3 Å². The van der Waals surface area contributed by atoms with Crippen LogP contribution in [0.3, 0.4) is 0 Å². The van der Waals surface area contributed by atoms with Gasteiger partial charge < -0.3 is 9.47 Å². The zero-order valence-corrected chi connectivity index (χ0v) is 11.8. The molecule has 0 heterocycles. The number of esters is 1. The lowest BCUT2D eigenvalue weighted by Gasteiger charge is -2.04. The van der Waals surface area contributed by atoms with Crippen LogP contribution in [0.2, 0.25) is 0 Å². The molecule has 0 aliphatic heterocycles. The number of ether oxygens (including phenoxy) is 2. The lowest BCUT2D eigenvalue weighted by atomic mass is 10.2. The molecule has 0 saturated carbocycles. The Morgan fingerprint density at radius 2 is 2.06 bits per heavy atom. The first-order valence-electron chi connectivity index (χ1n) is 6.10. The largest absolute Gasteiger partial charge is 0.497 e. The van der Waals surface area contributed by atoms with Crippen LogP contribution in [-0.2, 0) is 9.53 Å². The van der Waals surface area contributed by atoms with Crippen LogP contribution in [0.5, 0.6) is 5.75 Å². The Labute approximate surface area is 113 Å². The summed E-state index contributed by atoms with van der Waals surface area (Å²) in [5, 5.41) is 0. The summed E-state index contributed by atoms with van der Waals surface area (Å²) in [4.78, 5) is 12.1. The minimum absolute atomic E-state index is 0.115. The van der Waals surface area contributed by atoms with E-state index in [1.165, 1.54) is 12.0 Å². The highest BCUT2D eigenvalue weighted by Gasteiger charge is 2.00. The predicted octanol–water partition coefficient (Wildman–Crippen LogP) is 3.52. The van der Waals surface area contributed by atoms with Crippen LogP contribution in [-0.4, -0.2) is 25.9 Å². The van der Waals surface area contributed by atoms with Crippen LogP contribution in [0.4, 0.5) is 0 Å². The van der Waals surface area contributed by atoms with Crippen molar-refractivity contribution in [2.75, 3.05) is 20.0 Å². The van der Waals surface area contributed by atoms with E-state index in [2.05, 4.69) is 10.8 Å². The topological polar surface area (TPSA) is 35.5 Å². The summed E-state index contributed by atoms with van der Waals surface area (Å²) in [6.45, 7) is 0. The van der Waals surface area contributed by atoms with E-state index in [1.54, 1.807) is 7.11 Å². The van der Waals surface area contributed by atoms with E-state index in [1.807, 2.05) is 30.0 Å². The molecular formula is C14H20O3S. The number of rotatable bonds is 8. The van der Waals surface area contributed by atoms with Crippen LogP contribution in [0, 0.1) is 0 Å². The normalized spacial score (nSPS) is 10.1. The van der Waals surface area contributed by atoms with Gasteiger partial charge in [-0.15, -0.1) is 11.8 Å². The lowest BCUT2D eigenvalue weighted by molar-refractivity contribution is -0.140. The van der Waals surface area contributed by atoms with Gasteiger partial charge >= 0.3 is 5.97 Å². The maximum absolute atomic E-state index is 10.9. The van der Waals surface area contributed by atoms with Crippen LogP contribution in [0.15, 0.2) is 29.2 Å². The molecule has 4 heteroatoms. The maximum Gasteiger partial charge on any atom is 0.305 e. The number of unbranched alkanes of at least 4 members (excludes halogenated alkanes) is 2. The number of benzene rings is 1. The summed E-state index contributed by atoms with van der Waals surface area (Å²) in [6, 6.07) is 8.07. The van der Waals surface area contributed by atoms with Gasteiger partial charge in [-0.1, -0.05) is 12.5 Å². The van der Waals surface area contributed by atoms with Gasteiger partial charge in [0.2, 0.25) is 0 Å². The average molecular weight is 268 g/mol. The standard InChI is InChI=1S/C14H20O3S/c1-16-12-7-6-8-13(11-12)18-10-5-3-4-9-14(15)17-2/h6-8,11H,3-5,9-10H2,1-2H3. The number of methoxy groups -OCH3 is 2. The van der Waals surface area contributed by atoms with Crippen molar-refractivity contribution in [2.45, 2.75) is 30.6 Å². The van der Waals surface area contributed by atoms with Gasteiger partial charge in [0.1, 0.15) is 5.75 Å². The molecule has 1 aromatic carbocycles. The Morgan fingerprint density at radius 3 is 2.78 bits per heavy atom. The van der Waals surface area contributed by atoms with Gasteiger partial charge in [-0.3, -0.25) is 4.79 Å². The van der Waals surface area contributed by atoms with Crippen LogP contribution in [0.25, 0.3) is 0 Å². The van der Waals surface area contributed by atoms with E-state index in [-0.39, 0.29) is 5.97 Å². The molecule has 100 valence electrons. The summed E-state index contributed by atoms with van der Waals surface area (Å²) < 4.78 is 9.77. The highest BCUT2D eigenvalue weighted by atomic mass is 32.2. The number of hydrogen-bond acceptors (Lipinski definition) is 4. The molecule has 0 N–H and O–H groups in total. The van der Waals surface area contributed by atoms with Crippen molar-refractivity contribution in [2.24, 2.45) is 0 Å². The van der Waals surface area contributed by atoms with Crippen molar-refractivity contribution < 1.29 is 14.3 Å². The van der Waals surface area contributed by atoms with E-state index in [4.69, 9.17) is 4.74 Å². The van der Waals surface area contributed by atoms with Crippen molar-refractivity contribution in [1.82, 2.24) is 0 Å². The quantitative estimate of drug-likeness (QED) is 0.410. The molecule has 0 saturated heterocycles. The third-order valence-corrected chi connectivity index (χ3v) is 3.64. The van der Waals surface area contributed by atoms with Crippen LogP contribution in [0.1, 0.15) is 25.7 Å². The van der Waals surface area contributed by atoms with Gasteiger partial charge in [0, 0.05) is 11.3 Å². The fourth-order valence-electron chi connectivity index (χ4n) is 1.53. The van der Waals surface area contributed by atoms with Gasteiger partial charge in [-0.05, 0) is 36.8 Å². The Morgan fingerprint density at radius 1 is 1.22 bits per heavy atom. The first-order chi connectivity index (χ1) is 8.76. The molecule has 0 atom stereocenters. The Balaban J connectivity index is 2.12. The fraction of sp³-hybridized carbons (Fsp3) is 0.500. The predicted molar refractivity (Wildman–Crippen MR) is 74.2 cm³/mol. The van der Waals surface area contributed by atoms with Gasteiger partial charge in [0.25, 0.3) is 0 Å². The number of carbonyl (C=O) groups is 1. The highest BCUT2D eigenvalue weighted by molar-refractivity contribution is 7.99. The maximum atomic E-state index is 10.9. The number of thioether (sulfide) groups is 1. The first-order valence-corrected chi connectivity index (χ1v) is 7.08. The highest BCUT2D eigenvalue weighted by Crippen LogP contribution is 2.23. The molecule has 0 aliphatic rings. The second-order valence-electron chi connectivity index (χ2n) is 3.91. The molecule has 0 fully saturated rings. The van der Waals surface area contributed by atoms with E-state index in [0.717, 1.165) is 30.8 Å². The van der Waals surface area contributed by atoms with Crippen LogP contribution >= 0.6 is 11.8 Å². The van der Waals surface area contributed by atoms with Gasteiger partial charge in [0.15, 0.2) is 0 Å². The lowest BCUT2D eigenvalue weighted by Crippen LogP contribution is -1.99. The Bertz CT molecular complexity index is 366. The summed E-state index contributed by atoms with van der Waals surface area (Å²) in [6.07, 6.45) is 3.61. The summed E-state index contributed by atoms with van der Waals surface area (Å²) >= 11 is 1.82. The van der Waals surface area contributed by atoms with E-state index in [0.29, 0.717) is 6.42 Å².